The smallest absolute Gasteiger partial charge is 0.220 e. The van der Waals surface area contributed by atoms with Crippen LogP contribution in [-0.4, -0.2) is 20.4 Å². The number of nitrogens with zero attached hydrogens (tertiary/aromatic N) is 3. The maximum absolute atomic E-state index is 12.5. The van der Waals surface area contributed by atoms with E-state index in [0.29, 0.717) is 13.0 Å². The third-order valence-corrected chi connectivity index (χ3v) is 9.55. The lowest BCUT2D eigenvalue weighted by molar-refractivity contribution is -0.121. The summed E-state index contributed by atoms with van der Waals surface area (Å²) in [4.78, 5) is 22.9. The minimum Gasteiger partial charge on any atom is -0.352 e. The zero-order valence-corrected chi connectivity index (χ0v) is 31.0. The van der Waals surface area contributed by atoms with E-state index in [9.17, 15) is 4.79 Å². The lowest BCUT2D eigenvalue weighted by Crippen LogP contribution is -2.22. The van der Waals surface area contributed by atoms with Crippen LogP contribution in [0, 0.1) is 5.41 Å². The first kappa shape index (κ1) is 37.6. The molecule has 2 heterocycles. The van der Waals surface area contributed by atoms with Crippen LogP contribution in [0.4, 0.5) is 0 Å². The van der Waals surface area contributed by atoms with Crippen LogP contribution in [0.15, 0.2) is 48.5 Å². The van der Waals surface area contributed by atoms with Crippen molar-refractivity contribution in [2.24, 2.45) is 5.41 Å². The van der Waals surface area contributed by atoms with E-state index >= 15 is 0 Å². The van der Waals surface area contributed by atoms with Crippen LogP contribution in [0.1, 0.15) is 160 Å². The van der Waals surface area contributed by atoms with E-state index in [1.54, 1.807) is 0 Å². The molecule has 0 aliphatic carbocycles. The number of aromatic nitrogens is 3. The molecular weight excluding hydrogens is 589 g/mol. The van der Waals surface area contributed by atoms with Gasteiger partial charge < -0.3 is 9.88 Å². The van der Waals surface area contributed by atoms with E-state index in [4.69, 9.17) is 9.97 Å². The molecule has 0 aliphatic rings. The van der Waals surface area contributed by atoms with Crippen LogP contribution in [-0.2, 0) is 30.7 Å². The Kier molecular flexibility index (Phi) is 15.4. The van der Waals surface area contributed by atoms with Crippen molar-refractivity contribution in [3.63, 3.8) is 0 Å². The van der Waals surface area contributed by atoms with Gasteiger partial charge in [-0.15, -0.1) is 0 Å². The Hall–Kier alpha value is -3.21. The van der Waals surface area contributed by atoms with Gasteiger partial charge in [-0.1, -0.05) is 161 Å². The number of rotatable bonds is 22. The molecule has 48 heavy (non-hydrogen) atoms. The van der Waals surface area contributed by atoms with Gasteiger partial charge in [0, 0.05) is 31.3 Å². The number of para-hydroxylation sites is 1. The summed E-state index contributed by atoms with van der Waals surface area (Å²) >= 11 is 0. The van der Waals surface area contributed by atoms with Gasteiger partial charge in [0.1, 0.15) is 11.3 Å². The topological polar surface area (TPSA) is 59.8 Å². The van der Waals surface area contributed by atoms with E-state index in [0.717, 1.165) is 73.2 Å². The van der Waals surface area contributed by atoms with Crippen LogP contribution in [0.5, 0.6) is 0 Å². The zero-order valence-electron chi connectivity index (χ0n) is 31.0. The summed E-state index contributed by atoms with van der Waals surface area (Å²) in [6, 6.07) is 17.3. The van der Waals surface area contributed by atoms with Gasteiger partial charge in [-0.3, -0.25) is 9.78 Å². The van der Waals surface area contributed by atoms with E-state index in [-0.39, 0.29) is 11.3 Å². The highest BCUT2D eigenvalue weighted by molar-refractivity contribution is 6.03. The predicted molar refractivity (Wildman–Crippen MR) is 205 cm³/mol. The molecule has 0 radical (unpaired) electrons. The Morgan fingerprint density at radius 3 is 1.92 bits per heavy atom. The largest absolute Gasteiger partial charge is 0.352 e. The molecule has 262 valence electrons. The van der Waals surface area contributed by atoms with Crippen LogP contribution in [0.25, 0.3) is 21.9 Å². The SMILES string of the molecule is CCCCCCCCCCCCCCCC(=O)NCc1ccc(Cn2c(CCCC)nc3c(CC(C)(C)C)nc4ccccc4c32)cc1. The molecule has 0 bridgehead atoms. The highest BCUT2D eigenvalue weighted by Gasteiger charge is 2.22. The number of hydrogen-bond donors (Lipinski definition) is 1. The molecule has 4 aromatic rings. The van der Waals surface area contributed by atoms with Gasteiger partial charge >= 0.3 is 0 Å². The highest BCUT2D eigenvalue weighted by atomic mass is 16.1. The molecule has 5 nitrogen and oxygen atoms in total. The molecule has 2 aromatic carbocycles. The third kappa shape index (κ3) is 12.0. The fraction of sp³-hybridized carbons (Fsp3) is 0.605. The summed E-state index contributed by atoms with van der Waals surface area (Å²) in [6.07, 6.45) is 21.9. The Morgan fingerprint density at radius 1 is 0.708 bits per heavy atom. The number of fused-ring (bicyclic) bond motifs is 3. The van der Waals surface area contributed by atoms with Crippen molar-refractivity contribution in [3.05, 3.63) is 71.2 Å². The first-order valence-corrected chi connectivity index (χ1v) is 19.4. The van der Waals surface area contributed by atoms with Crippen molar-refractivity contribution in [3.8, 4) is 0 Å². The van der Waals surface area contributed by atoms with Crippen LogP contribution >= 0.6 is 0 Å². The number of unbranched alkanes of at least 4 members (excludes halogenated alkanes) is 13. The molecule has 0 atom stereocenters. The summed E-state index contributed by atoms with van der Waals surface area (Å²) in [5.41, 5.74) is 6.89. The molecule has 0 saturated heterocycles. The number of nitrogens with one attached hydrogen (secondary N) is 1. The Balaban J connectivity index is 1.28. The van der Waals surface area contributed by atoms with Crippen LogP contribution in [0.3, 0.4) is 0 Å². The van der Waals surface area contributed by atoms with Crippen molar-refractivity contribution in [2.45, 2.75) is 163 Å². The first-order chi connectivity index (χ1) is 23.3. The van der Waals surface area contributed by atoms with Crippen molar-refractivity contribution < 1.29 is 4.79 Å². The quantitative estimate of drug-likeness (QED) is 0.0859. The highest BCUT2D eigenvalue weighted by Crippen LogP contribution is 2.32. The normalized spacial score (nSPS) is 11.9. The maximum atomic E-state index is 12.5. The van der Waals surface area contributed by atoms with Crippen molar-refractivity contribution >= 4 is 27.8 Å². The number of carbonyl (C=O) groups excluding carboxylic acids is 1. The third-order valence-electron chi connectivity index (χ3n) is 9.55. The second kappa shape index (κ2) is 19.7. The van der Waals surface area contributed by atoms with Gasteiger partial charge in [0.15, 0.2) is 0 Å². The molecule has 0 saturated carbocycles. The van der Waals surface area contributed by atoms with Crippen LogP contribution in [0.2, 0.25) is 0 Å². The van der Waals surface area contributed by atoms with E-state index < -0.39 is 0 Å². The Bertz CT molecular complexity index is 1530. The van der Waals surface area contributed by atoms with Gasteiger partial charge in [0.05, 0.1) is 16.7 Å². The lowest BCUT2D eigenvalue weighted by Gasteiger charge is -2.18. The average Bonchev–Trinajstić information content (AvgIpc) is 3.43. The molecule has 0 aliphatic heterocycles. The summed E-state index contributed by atoms with van der Waals surface area (Å²) in [7, 11) is 0. The first-order valence-electron chi connectivity index (χ1n) is 19.4. The molecular formula is C43H64N4O. The fourth-order valence-electron chi connectivity index (χ4n) is 6.80. The molecule has 5 heteroatoms. The molecule has 0 fully saturated rings. The number of imidazole rings is 1. The van der Waals surface area contributed by atoms with Gasteiger partial charge in [0.25, 0.3) is 0 Å². The molecule has 1 N–H and O–H groups in total. The average molecular weight is 653 g/mol. The summed E-state index contributed by atoms with van der Waals surface area (Å²) in [5, 5.41) is 4.32. The van der Waals surface area contributed by atoms with E-state index in [1.807, 2.05) is 0 Å². The van der Waals surface area contributed by atoms with Gasteiger partial charge in [-0.25, -0.2) is 4.98 Å². The Morgan fingerprint density at radius 2 is 1.29 bits per heavy atom. The summed E-state index contributed by atoms with van der Waals surface area (Å²) in [6.45, 7) is 12.7. The van der Waals surface area contributed by atoms with Crippen LogP contribution < -0.4 is 5.32 Å². The monoisotopic (exact) mass is 653 g/mol. The zero-order chi connectivity index (χ0) is 34.2. The standard InChI is InChI=1S/C43H64N4O/c1-6-8-10-11-12-13-14-15-16-17-18-19-20-26-40(48)44-32-34-27-29-35(30-28-34)33-47-39(25-9-7-2)46-41-38(31-43(3,4)5)45-37-24-22-21-23-36(37)42(41)47/h21-24,27-30H,6-20,25-26,31-33H2,1-5H3,(H,44,48). The lowest BCUT2D eigenvalue weighted by atomic mass is 9.89. The summed E-state index contributed by atoms with van der Waals surface area (Å²) in [5.74, 6) is 1.31. The molecule has 2 aromatic heterocycles. The van der Waals surface area contributed by atoms with E-state index in [1.165, 1.54) is 87.1 Å². The predicted octanol–water partition coefficient (Wildman–Crippen LogP) is 11.7. The van der Waals surface area contributed by atoms with Gasteiger partial charge in [-0.05, 0) is 41.9 Å². The van der Waals surface area contributed by atoms with Crippen molar-refractivity contribution in [1.82, 2.24) is 19.9 Å². The van der Waals surface area contributed by atoms with Gasteiger partial charge in [-0.2, -0.15) is 0 Å². The minimum atomic E-state index is 0.118. The van der Waals surface area contributed by atoms with E-state index in [2.05, 4.69) is 93.0 Å². The minimum absolute atomic E-state index is 0.118. The molecule has 4 rings (SSSR count). The maximum Gasteiger partial charge on any atom is 0.220 e. The summed E-state index contributed by atoms with van der Waals surface area (Å²) < 4.78 is 2.44. The molecule has 1 amide bonds. The number of pyridine rings is 1. The number of benzene rings is 2. The number of amides is 1. The van der Waals surface area contributed by atoms with Crippen molar-refractivity contribution in [1.29, 1.82) is 0 Å². The molecule has 0 spiro atoms. The Labute approximate surface area is 291 Å². The second-order valence-electron chi connectivity index (χ2n) is 15.3. The molecule has 0 unspecified atom stereocenters. The number of hydrogen-bond acceptors (Lipinski definition) is 3. The number of aryl methyl sites for hydroxylation is 1. The second-order valence-corrected chi connectivity index (χ2v) is 15.3. The van der Waals surface area contributed by atoms with Gasteiger partial charge in [0.2, 0.25) is 5.91 Å². The fourth-order valence-corrected chi connectivity index (χ4v) is 6.80. The number of carbonyl (C=O) groups is 1. The van der Waals surface area contributed by atoms with Crippen molar-refractivity contribution in [2.75, 3.05) is 0 Å².